The Hall–Kier alpha value is -0.590. The molecule has 0 unspecified atom stereocenters. The first-order chi connectivity index (χ1) is 7.49. The van der Waals surface area contributed by atoms with E-state index >= 15 is 0 Å². The van der Waals surface area contributed by atoms with Crippen LogP contribution in [0.4, 0.5) is 0 Å². The molecule has 1 heteroatoms. The van der Waals surface area contributed by atoms with Gasteiger partial charge in [-0.2, -0.15) is 0 Å². The molecular formula is C15H26O. The summed E-state index contributed by atoms with van der Waals surface area (Å²) in [5.41, 5.74) is 1.12. The Morgan fingerprint density at radius 1 is 1.25 bits per heavy atom. The Morgan fingerprint density at radius 3 is 2.31 bits per heavy atom. The van der Waals surface area contributed by atoms with Crippen LogP contribution < -0.4 is 0 Å². The molecule has 1 aliphatic rings. The van der Waals surface area contributed by atoms with E-state index in [4.69, 9.17) is 0 Å². The molecule has 1 aliphatic carbocycles. The Labute approximate surface area is 100 Å². The maximum absolute atomic E-state index is 11.7. The zero-order valence-corrected chi connectivity index (χ0v) is 11.3. The van der Waals surface area contributed by atoms with Gasteiger partial charge in [0.1, 0.15) is 0 Å². The lowest BCUT2D eigenvalue weighted by Crippen LogP contribution is -2.20. The third kappa shape index (κ3) is 4.51. The number of ketones is 1. The Bertz CT molecular complexity index is 253. The van der Waals surface area contributed by atoms with Gasteiger partial charge in [0.15, 0.2) is 5.78 Å². The summed E-state index contributed by atoms with van der Waals surface area (Å²) in [5.74, 6) is 2.56. The molecule has 0 heterocycles. The topological polar surface area (TPSA) is 17.1 Å². The van der Waals surface area contributed by atoms with Gasteiger partial charge in [-0.15, -0.1) is 0 Å². The van der Waals surface area contributed by atoms with Gasteiger partial charge in [0.25, 0.3) is 0 Å². The van der Waals surface area contributed by atoms with E-state index in [2.05, 4.69) is 13.8 Å². The molecule has 0 aromatic rings. The highest BCUT2D eigenvalue weighted by Crippen LogP contribution is 2.34. The average Bonchev–Trinajstić information content (AvgIpc) is 2.16. The summed E-state index contributed by atoms with van der Waals surface area (Å²) in [6.45, 7) is 8.57. The van der Waals surface area contributed by atoms with Gasteiger partial charge < -0.3 is 0 Å². The first-order valence-electron chi connectivity index (χ1n) is 6.66. The van der Waals surface area contributed by atoms with Gasteiger partial charge in [-0.1, -0.05) is 32.3 Å². The molecule has 1 fully saturated rings. The van der Waals surface area contributed by atoms with Gasteiger partial charge in [-0.25, -0.2) is 0 Å². The molecule has 16 heavy (non-hydrogen) atoms. The van der Waals surface area contributed by atoms with Crippen molar-refractivity contribution < 1.29 is 4.79 Å². The van der Waals surface area contributed by atoms with Crippen LogP contribution in [0.1, 0.15) is 59.8 Å². The van der Waals surface area contributed by atoms with Gasteiger partial charge in [0.05, 0.1) is 0 Å². The standard InChI is InChI=1S/C15H26O/c1-11(2)9-15(16)10-13(4)14-7-5-12(3)6-8-14/h9,12-14H,5-8,10H2,1-4H3/t12?,13-,14?/m0/s1. The molecule has 0 aliphatic heterocycles. The molecule has 1 saturated carbocycles. The van der Waals surface area contributed by atoms with Gasteiger partial charge in [-0.05, 0) is 50.5 Å². The minimum atomic E-state index is 0.311. The van der Waals surface area contributed by atoms with E-state index in [0.29, 0.717) is 11.7 Å². The lowest BCUT2D eigenvalue weighted by atomic mass is 9.75. The molecule has 92 valence electrons. The average molecular weight is 222 g/mol. The zero-order chi connectivity index (χ0) is 12.1. The van der Waals surface area contributed by atoms with Crippen molar-refractivity contribution in [3.8, 4) is 0 Å². The highest BCUT2D eigenvalue weighted by atomic mass is 16.1. The molecule has 0 saturated heterocycles. The zero-order valence-electron chi connectivity index (χ0n) is 11.3. The van der Waals surface area contributed by atoms with Gasteiger partial charge in [0, 0.05) is 6.42 Å². The van der Waals surface area contributed by atoms with Crippen LogP contribution in [0.3, 0.4) is 0 Å². The summed E-state index contributed by atoms with van der Waals surface area (Å²) in [7, 11) is 0. The van der Waals surface area contributed by atoms with Crippen molar-refractivity contribution in [2.45, 2.75) is 59.8 Å². The van der Waals surface area contributed by atoms with Crippen molar-refractivity contribution in [1.82, 2.24) is 0 Å². The molecule has 1 atom stereocenters. The van der Waals surface area contributed by atoms with E-state index in [-0.39, 0.29) is 0 Å². The summed E-state index contributed by atoms with van der Waals surface area (Å²) in [6.07, 6.45) is 7.89. The Kier molecular flexibility index (Phi) is 5.24. The molecule has 0 N–H and O–H groups in total. The maximum atomic E-state index is 11.7. The lowest BCUT2D eigenvalue weighted by Gasteiger charge is -2.30. The van der Waals surface area contributed by atoms with Gasteiger partial charge in [-0.3, -0.25) is 4.79 Å². The molecule has 0 aromatic heterocycles. The number of carbonyl (C=O) groups is 1. The minimum absolute atomic E-state index is 0.311. The van der Waals surface area contributed by atoms with E-state index in [1.165, 1.54) is 25.7 Å². The van der Waals surface area contributed by atoms with Crippen molar-refractivity contribution in [2.24, 2.45) is 17.8 Å². The number of hydrogen-bond donors (Lipinski definition) is 0. The number of carbonyl (C=O) groups excluding carboxylic acids is 1. The first-order valence-corrected chi connectivity index (χ1v) is 6.66. The predicted molar refractivity (Wildman–Crippen MR) is 69.3 cm³/mol. The Balaban J connectivity index is 2.37. The summed E-state index contributed by atoms with van der Waals surface area (Å²) in [6, 6.07) is 0. The van der Waals surface area contributed by atoms with Crippen LogP contribution in [0.25, 0.3) is 0 Å². The molecule has 0 bridgehead atoms. The van der Waals surface area contributed by atoms with Gasteiger partial charge in [0.2, 0.25) is 0 Å². The molecule has 1 nitrogen and oxygen atoms in total. The highest BCUT2D eigenvalue weighted by Gasteiger charge is 2.24. The molecule has 1 rings (SSSR count). The highest BCUT2D eigenvalue weighted by molar-refractivity contribution is 5.90. The van der Waals surface area contributed by atoms with Crippen LogP contribution in [-0.4, -0.2) is 5.78 Å². The molecule has 0 radical (unpaired) electrons. The van der Waals surface area contributed by atoms with E-state index in [9.17, 15) is 4.79 Å². The van der Waals surface area contributed by atoms with Crippen molar-refractivity contribution in [3.05, 3.63) is 11.6 Å². The monoisotopic (exact) mass is 222 g/mol. The van der Waals surface area contributed by atoms with Crippen molar-refractivity contribution in [3.63, 3.8) is 0 Å². The fourth-order valence-corrected chi connectivity index (χ4v) is 2.72. The number of hydrogen-bond acceptors (Lipinski definition) is 1. The quantitative estimate of drug-likeness (QED) is 0.645. The van der Waals surface area contributed by atoms with E-state index in [1.54, 1.807) is 6.08 Å². The largest absolute Gasteiger partial charge is 0.295 e. The number of allylic oxidation sites excluding steroid dienone is 2. The van der Waals surface area contributed by atoms with Gasteiger partial charge >= 0.3 is 0 Å². The van der Waals surface area contributed by atoms with Crippen molar-refractivity contribution in [1.29, 1.82) is 0 Å². The maximum Gasteiger partial charge on any atom is 0.155 e. The van der Waals surface area contributed by atoms with Crippen LogP contribution in [-0.2, 0) is 4.79 Å². The minimum Gasteiger partial charge on any atom is -0.295 e. The summed E-state index contributed by atoms with van der Waals surface area (Å²) in [5, 5.41) is 0. The van der Waals surface area contributed by atoms with Crippen LogP contribution in [0.2, 0.25) is 0 Å². The fourth-order valence-electron chi connectivity index (χ4n) is 2.72. The smallest absolute Gasteiger partial charge is 0.155 e. The van der Waals surface area contributed by atoms with E-state index < -0.39 is 0 Å². The van der Waals surface area contributed by atoms with Crippen molar-refractivity contribution in [2.75, 3.05) is 0 Å². The number of rotatable bonds is 4. The second kappa shape index (κ2) is 6.22. The first kappa shape index (κ1) is 13.5. The van der Waals surface area contributed by atoms with Crippen molar-refractivity contribution >= 4 is 5.78 Å². The lowest BCUT2D eigenvalue weighted by molar-refractivity contribution is -0.115. The van der Waals surface area contributed by atoms with Crippen LogP contribution >= 0.6 is 0 Å². The van der Waals surface area contributed by atoms with Crippen LogP contribution in [0, 0.1) is 17.8 Å². The van der Waals surface area contributed by atoms with E-state index in [1.807, 2.05) is 13.8 Å². The second-order valence-electron chi connectivity index (χ2n) is 5.89. The summed E-state index contributed by atoms with van der Waals surface area (Å²) < 4.78 is 0. The fraction of sp³-hybridized carbons (Fsp3) is 0.800. The molecule has 0 spiro atoms. The summed E-state index contributed by atoms with van der Waals surface area (Å²) in [4.78, 5) is 11.7. The molecule has 0 aromatic carbocycles. The van der Waals surface area contributed by atoms with E-state index in [0.717, 1.165) is 23.8 Å². The summed E-state index contributed by atoms with van der Waals surface area (Å²) >= 11 is 0. The molecular weight excluding hydrogens is 196 g/mol. The molecule has 0 amide bonds. The SMILES string of the molecule is CC(C)=CC(=O)C[C@H](C)C1CCC(C)CC1. The third-order valence-corrected chi connectivity index (χ3v) is 3.84. The Morgan fingerprint density at radius 2 is 1.81 bits per heavy atom. The third-order valence-electron chi connectivity index (χ3n) is 3.84. The van der Waals surface area contributed by atoms with Crippen LogP contribution in [0.15, 0.2) is 11.6 Å². The second-order valence-corrected chi connectivity index (χ2v) is 5.89. The normalized spacial score (nSPS) is 27.2. The predicted octanol–water partition coefficient (Wildman–Crippen LogP) is 4.37. The van der Waals surface area contributed by atoms with Crippen LogP contribution in [0.5, 0.6) is 0 Å².